The molecule has 1 aromatic carbocycles. The van der Waals surface area contributed by atoms with Crippen molar-refractivity contribution in [2.24, 2.45) is 0 Å². The largest absolute Gasteiger partial charge is 0.371 e. The Morgan fingerprint density at radius 1 is 0.889 bits per heavy atom. The molecule has 0 spiro atoms. The van der Waals surface area contributed by atoms with Crippen LogP contribution in [0.25, 0.3) is 0 Å². The zero-order valence-electron chi connectivity index (χ0n) is 15.9. The molecule has 5 nitrogen and oxygen atoms in total. The topological polar surface area (TPSA) is 39.7 Å². The van der Waals surface area contributed by atoms with Crippen LogP contribution in [0.2, 0.25) is 0 Å². The summed E-state index contributed by atoms with van der Waals surface area (Å²) in [6, 6.07) is 14.5. The highest BCUT2D eigenvalue weighted by molar-refractivity contribution is 5.93. The van der Waals surface area contributed by atoms with E-state index in [0.717, 1.165) is 51.5 Å². The van der Waals surface area contributed by atoms with Crippen LogP contribution in [0.4, 0.5) is 5.69 Å². The summed E-state index contributed by atoms with van der Waals surface area (Å²) in [5.74, 6) is 0.0632. The number of piperazine rings is 1. The fourth-order valence-electron chi connectivity index (χ4n) is 4.00. The lowest BCUT2D eigenvalue weighted by Crippen LogP contribution is -2.48. The van der Waals surface area contributed by atoms with E-state index >= 15 is 0 Å². The number of nitrogens with zero attached hydrogens (tertiary/aromatic N) is 4. The molecule has 0 N–H and O–H groups in total. The van der Waals surface area contributed by atoms with Gasteiger partial charge in [0.15, 0.2) is 0 Å². The average Bonchev–Trinajstić information content (AvgIpc) is 2.75. The molecule has 1 aromatic heterocycles. The first-order chi connectivity index (χ1) is 13.3. The van der Waals surface area contributed by atoms with Crippen molar-refractivity contribution in [3.63, 3.8) is 0 Å². The van der Waals surface area contributed by atoms with Crippen LogP contribution in [0.3, 0.4) is 0 Å². The summed E-state index contributed by atoms with van der Waals surface area (Å²) in [7, 11) is 0. The van der Waals surface area contributed by atoms with Crippen molar-refractivity contribution >= 4 is 11.6 Å². The smallest absolute Gasteiger partial charge is 0.272 e. The molecule has 2 aromatic rings. The molecule has 1 amide bonds. The lowest BCUT2D eigenvalue weighted by atomic mass is 10.1. The van der Waals surface area contributed by atoms with Gasteiger partial charge in [0.2, 0.25) is 0 Å². The maximum atomic E-state index is 12.9. The van der Waals surface area contributed by atoms with E-state index in [0.29, 0.717) is 5.69 Å². The van der Waals surface area contributed by atoms with Crippen molar-refractivity contribution in [2.75, 3.05) is 44.2 Å². The molecule has 2 aliphatic heterocycles. The monoisotopic (exact) mass is 364 g/mol. The van der Waals surface area contributed by atoms with E-state index in [-0.39, 0.29) is 5.91 Å². The normalized spacial score (nSPS) is 18.5. The third-order valence-corrected chi connectivity index (χ3v) is 5.59. The first-order valence-corrected chi connectivity index (χ1v) is 10.1. The summed E-state index contributed by atoms with van der Waals surface area (Å²) < 4.78 is 0. The number of rotatable bonds is 4. The van der Waals surface area contributed by atoms with Crippen molar-refractivity contribution in [2.45, 2.75) is 25.8 Å². The van der Waals surface area contributed by atoms with E-state index in [1.807, 2.05) is 23.1 Å². The molecular weight excluding hydrogens is 336 g/mol. The summed E-state index contributed by atoms with van der Waals surface area (Å²) >= 11 is 0. The Kier molecular flexibility index (Phi) is 5.68. The molecule has 0 bridgehead atoms. The molecule has 0 saturated carbocycles. The van der Waals surface area contributed by atoms with Crippen LogP contribution in [0, 0.1) is 0 Å². The second-order valence-corrected chi connectivity index (χ2v) is 7.50. The van der Waals surface area contributed by atoms with Crippen LogP contribution in [0.15, 0.2) is 48.7 Å². The van der Waals surface area contributed by atoms with Gasteiger partial charge in [-0.1, -0.05) is 30.3 Å². The molecule has 0 radical (unpaired) electrons. The van der Waals surface area contributed by atoms with Crippen LogP contribution in [-0.2, 0) is 6.54 Å². The van der Waals surface area contributed by atoms with Crippen molar-refractivity contribution in [3.05, 3.63) is 59.9 Å². The van der Waals surface area contributed by atoms with Crippen LogP contribution in [0.5, 0.6) is 0 Å². The maximum Gasteiger partial charge on any atom is 0.272 e. The van der Waals surface area contributed by atoms with Crippen LogP contribution >= 0.6 is 0 Å². The van der Waals surface area contributed by atoms with E-state index in [4.69, 9.17) is 0 Å². The Morgan fingerprint density at radius 2 is 1.63 bits per heavy atom. The average molecular weight is 364 g/mol. The third kappa shape index (κ3) is 4.48. The van der Waals surface area contributed by atoms with Gasteiger partial charge in [-0.25, -0.2) is 0 Å². The number of carbonyl (C=O) groups is 1. The molecule has 2 fully saturated rings. The zero-order valence-corrected chi connectivity index (χ0v) is 15.9. The van der Waals surface area contributed by atoms with Gasteiger partial charge < -0.3 is 9.80 Å². The highest BCUT2D eigenvalue weighted by atomic mass is 16.2. The molecule has 2 saturated heterocycles. The first-order valence-electron chi connectivity index (χ1n) is 10.1. The Balaban J connectivity index is 1.35. The van der Waals surface area contributed by atoms with Gasteiger partial charge in [-0.05, 0) is 37.0 Å². The summed E-state index contributed by atoms with van der Waals surface area (Å²) in [6.07, 6.45) is 5.55. The Bertz CT molecular complexity index is 750. The van der Waals surface area contributed by atoms with Crippen LogP contribution in [0.1, 0.15) is 35.3 Å². The predicted octanol–water partition coefficient (Wildman–Crippen LogP) is 3.03. The van der Waals surface area contributed by atoms with E-state index in [1.165, 1.54) is 24.8 Å². The molecule has 4 rings (SSSR count). The van der Waals surface area contributed by atoms with Crippen molar-refractivity contribution < 1.29 is 4.79 Å². The summed E-state index contributed by atoms with van der Waals surface area (Å²) in [5.41, 5.74) is 3.04. The molecule has 0 unspecified atom stereocenters. The molecular formula is C22H28N4O. The van der Waals surface area contributed by atoms with Gasteiger partial charge in [0.25, 0.3) is 5.91 Å². The lowest BCUT2D eigenvalue weighted by molar-refractivity contribution is 0.0623. The number of aromatic nitrogens is 1. The number of benzene rings is 1. The zero-order chi connectivity index (χ0) is 18.5. The molecule has 2 aliphatic rings. The predicted molar refractivity (Wildman–Crippen MR) is 108 cm³/mol. The number of hydrogen-bond acceptors (Lipinski definition) is 4. The van der Waals surface area contributed by atoms with E-state index in [2.05, 4.69) is 39.0 Å². The minimum atomic E-state index is 0.0632. The quantitative estimate of drug-likeness (QED) is 0.836. The fraction of sp³-hybridized carbons (Fsp3) is 0.455. The molecule has 27 heavy (non-hydrogen) atoms. The number of pyridine rings is 1. The van der Waals surface area contributed by atoms with Crippen molar-refractivity contribution in [1.29, 1.82) is 0 Å². The highest BCUT2D eigenvalue weighted by Crippen LogP contribution is 2.21. The van der Waals surface area contributed by atoms with E-state index in [1.54, 1.807) is 6.20 Å². The highest BCUT2D eigenvalue weighted by Gasteiger charge is 2.23. The standard InChI is InChI=1S/C22H28N4O/c27-22(21-17-20(9-10-23-21)25-11-5-2-6-12-25)26-15-13-24(14-16-26)18-19-7-3-1-4-8-19/h1,3-4,7-10,17H,2,5-6,11-16,18H2. The Morgan fingerprint density at radius 3 is 2.37 bits per heavy atom. The van der Waals surface area contributed by atoms with Gasteiger partial charge in [0.05, 0.1) is 0 Å². The molecule has 0 aliphatic carbocycles. The van der Waals surface area contributed by atoms with E-state index < -0.39 is 0 Å². The fourth-order valence-corrected chi connectivity index (χ4v) is 4.00. The van der Waals surface area contributed by atoms with Crippen molar-refractivity contribution in [3.8, 4) is 0 Å². The van der Waals surface area contributed by atoms with Gasteiger partial charge in [0.1, 0.15) is 5.69 Å². The molecule has 3 heterocycles. The number of hydrogen-bond donors (Lipinski definition) is 0. The molecule has 142 valence electrons. The third-order valence-electron chi connectivity index (χ3n) is 5.59. The van der Waals surface area contributed by atoms with Gasteiger partial charge in [0, 0.05) is 57.7 Å². The van der Waals surface area contributed by atoms with Crippen molar-refractivity contribution in [1.82, 2.24) is 14.8 Å². The SMILES string of the molecule is O=C(c1cc(N2CCCCC2)ccn1)N1CCN(Cc2ccccc2)CC1. The van der Waals surface area contributed by atoms with Gasteiger partial charge in [-0.2, -0.15) is 0 Å². The summed E-state index contributed by atoms with van der Waals surface area (Å²) in [6.45, 7) is 6.46. The Hall–Kier alpha value is -2.40. The minimum Gasteiger partial charge on any atom is -0.371 e. The van der Waals surface area contributed by atoms with Gasteiger partial charge >= 0.3 is 0 Å². The van der Waals surface area contributed by atoms with E-state index in [9.17, 15) is 4.79 Å². The first kappa shape index (κ1) is 18.0. The van der Waals surface area contributed by atoms with Crippen LogP contribution < -0.4 is 4.90 Å². The lowest BCUT2D eigenvalue weighted by Gasteiger charge is -2.35. The number of anilines is 1. The molecule has 0 atom stereocenters. The summed E-state index contributed by atoms with van der Waals surface area (Å²) in [5, 5.41) is 0. The molecule has 5 heteroatoms. The second-order valence-electron chi connectivity index (χ2n) is 7.50. The number of carbonyl (C=O) groups excluding carboxylic acids is 1. The number of piperidine rings is 1. The van der Waals surface area contributed by atoms with Gasteiger partial charge in [-0.3, -0.25) is 14.7 Å². The Labute approximate surface area is 161 Å². The van der Waals surface area contributed by atoms with Gasteiger partial charge in [-0.15, -0.1) is 0 Å². The second kappa shape index (κ2) is 8.53. The number of amides is 1. The van der Waals surface area contributed by atoms with Crippen LogP contribution in [-0.4, -0.2) is 60.0 Å². The minimum absolute atomic E-state index is 0.0632. The summed E-state index contributed by atoms with van der Waals surface area (Å²) in [4.78, 5) is 24.0. The maximum absolute atomic E-state index is 12.9.